The van der Waals surface area contributed by atoms with Gasteiger partial charge in [-0.15, -0.1) is 0 Å². The summed E-state index contributed by atoms with van der Waals surface area (Å²) in [6.45, 7) is 1.77. The first kappa shape index (κ1) is 21.1. The minimum absolute atomic E-state index is 0.0457. The monoisotopic (exact) mass is 390 g/mol. The number of benzene rings is 1. The van der Waals surface area contributed by atoms with E-state index in [0.717, 1.165) is 18.6 Å². The highest BCUT2D eigenvalue weighted by atomic mass is 16.5. The van der Waals surface area contributed by atoms with Gasteiger partial charge in [0.15, 0.2) is 11.5 Å². The Morgan fingerprint density at radius 3 is 2.32 bits per heavy atom. The summed E-state index contributed by atoms with van der Waals surface area (Å²) in [7, 11) is 4.42. The summed E-state index contributed by atoms with van der Waals surface area (Å²) in [5.41, 5.74) is 0.299. The fraction of sp³-hybridized carbons (Fsp3) is 0.400. The van der Waals surface area contributed by atoms with E-state index in [9.17, 15) is 9.59 Å². The van der Waals surface area contributed by atoms with Crippen molar-refractivity contribution in [1.29, 1.82) is 0 Å². The molecule has 28 heavy (non-hydrogen) atoms. The molecule has 1 unspecified atom stereocenters. The first-order valence-electron chi connectivity index (χ1n) is 8.88. The zero-order chi connectivity index (χ0) is 20.5. The van der Waals surface area contributed by atoms with E-state index in [1.165, 1.54) is 33.5 Å². The van der Waals surface area contributed by atoms with Gasteiger partial charge in [-0.3, -0.25) is 9.59 Å². The molecule has 152 valence electrons. The molecule has 0 aliphatic heterocycles. The Bertz CT molecular complexity index is 763. The van der Waals surface area contributed by atoms with Crippen molar-refractivity contribution in [2.75, 3.05) is 27.9 Å². The molecule has 8 heteroatoms. The SMILES string of the molecule is COc1cc(C(=O)NCC(=O)NC(C)CCc2ccco2)cc(OC)c1OC. The maximum atomic E-state index is 12.4. The fourth-order valence-electron chi connectivity index (χ4n) is 2.69. The van der Waals surface area contributed by atoms with Crippen molar-refractivity contribution in [2.45, 2.75) is 25.8 Å². The molecule has 2 aromatic rings. The van der Waals surface area contributed by atoms with Crippen LogP contribution in [0.5, 0.6) is 17.2 Å². The fourth-order valence-corrected chi connectivity index (χ4v) is 2.69. The van der Waals surface area contributed by atoms with Crippen LogP contribution < -0.4 is 24.8 Å². The molecule has 2 rings (SSSR count). The average Bonchev–Trinajstić information content (AvgIpc) is 3.22. The quantitative estimate of drug-likeness (QED) is 0.645. The Hall–Kier alpha value is -3.16. The van der Waals surface area contributed by atoms with Crippen molar-refractivity contribution >= 4 is 11.8 Å². The minimum atomic E-state index is -0.419. The number of methoxy groups -OCH3 is 3. The minimum Gasteiger partial charge on any atom is -0.493 e. The lowest BCUT2D eigenvalue weighted by Crippen LogP contribution is -2.41. The Labute approximate surface area is 164 Å². The number of carbonyl (C=O) groups excluding carboxylic acids is 2. The molecule has 1 aromatic carbocycles. The van der Waals surface area contributed by atoms with Crippen LogP contribution in [-0.2, 0) is 11.2 Å². The number of ether oxygens (including phenoxy) is 3. The Kier molecular flexibility index (Phi) is 7.74. The number of hydrogen-bond acceptors (Lipinski definition) is 6. The van der Waals surface area contributed by atoms with E-state index in [-0.39, 0.29) is 18.5 Å². The number of amides is 2. The van der Waals surface area contributed by atoms with Crippen LogP contribution in [0.15, 0.2) is 34.9 Å². The molecule has 0 aliphatic carbocycles. The van der Waals surface area contributed by atoms with Crippen molar-refractivity contribution in [2.24, 2.45) is 0 Å². The van der Waals surface area contributed by atoms with Gasteiger partial charge >= 0.3 is 0 Å². The molecule has 0 saturated heterocycles. The third-order valence-corrected chi connectivity index (χ3v) is 4.15. The largest absolute Gasteiger partial charge is 0.493 e. The number of hydrogen-bond donors (Lipinski definition) is 2. The maximum Gasteiger partial charge on any atom is 0.251 e. The number of nitrogens with one attached hydrogen (secondary N) is 2. The lowest BCUT2D eigenvalue weighted by Gasteiger charge is -2.15. The standard InChI is InChI=1S/C20H26N2O6/c1-13(7-8-15-6-5-9-28-15)22-18(23)12-21-20(24)14-10-16(25-2)19(27-4)17(11-14)26-3/h5-6,9-11,13H,7-8,12H2,1-4H3,(H,21,24)(H,22,23). The summed E-state index contributed by atoms with van der Waals surface area (Å²) < 4.78 is 21.0. The highest BCUT2D eigenvalue weighted by Gasteiger charge is 2.17. The van der Waals surface area contributed by atoms with Gasteiger partial charge in [0, 0.05) is 18.0 Å². The van der Waals surface area contributed by atoms with E-state index < -0.39 is 5.91 Å². The molecule has 8 nitrogen and oxygen atoms in total. The Morgan fingerprint density at radius 1 is 1.11 bits per heavy atom. The van der Waals surface area contributed by atoms with Crippen LogP contribution in [0.4, 0.5) is 0 Å². The number of carbonyl (C=O) groups is 2. The van der Waals surface area contributed by atoms with Crippen LogP contribution >= 0.6 is 0 Å². The van der Waals surface area contributed by atoms with E-state index in [0.29, 0.717) is 22.8 Å². The van der Waals surface area contributed by atoms with E-state index in [4.69, 9.17) is 18.6 Å². The Morgan fingerprint density at radius 2 is 1.79 bits per heavy atom. The van der Waals surface area contributed by atoms with Crippen molar-refractivity contribution in [3.8, 4) is 17.2 Å². The maximum absolute atomic E-state index is 12.4. The molecule has 0 saturated carbocycles. The van der Waals surface area contributed by atoms with E-state index >= 15 is 0 Å². The van der Waals surface area contributed by atoms with Crippen LogP contribution in [-0.4, -0.2) is 45.7 Å². The molecule has 0 aliphatic rings. The third kappa shape index (κ3) is 5.67. The smallest absolute Gasteiger partial charge is 0.251 e. The second kappa shape index (κ2) is 10.2. The second-order valence-electron chi connectivity index (χ2n) is 6.18. The van der Waals surface area contributed by atoms with Gasteiger partial charge in [-0.25, -0.2) is 0 Å². The summed E-state index contributed by atoms with van der Waals surface area (Å²) in [5, 5.41) is 5.44. The summed E-state index contributed by atoms with van der Waals surface area (Å²) in [4.78, 5) is 24.5. The van der Waals surface area contributed by atoms with Gasteiger partial charge in [0.25, 0.3) is 5.91 Å². The first-order valence-corrected chi connectivity index (χ1v) is 8.88. The zero-order valence-electron chi connectivity index (χ0n) is 16.5. The molecule has 1 aromatic heterocycles. The van der Waals surface area contributed by atoms with Crippen molar-refractivity contribution < 1.29 is 28.2 Å². The molecule has 0 radical (unpaired) electrons. The molecule has 0 spiro atoms. The predicted octanol–water partition coefficient (Wildman–Crippen LogP) is 2.17. The number of aryl methyl sites for hydroxylation is 1. The van der Waals surface area contributed by atoms with E-state index in [2.05, 4.69) is 10.6 Å². The van der Waals surface area contributed by atoms with Crippen molar-refractivity contribution in [3.63, 3.8) is 0 Å². The molecule has 1 atom stereocenters. The van der Waals surface area contributed by atoms with Gasteiger partial charge in [-0.1, -0.05) is 0 Å². The van der Waals surface area contributed by atoms with E-state index in [1.54, 1.807) is 6.26 Å². The molecule has 0 fully saturated rings. The Balaban J connectivity index is 1.87. The highest BCUT2D eigenvalue weighted by Crippen LogP contribution is 2.38. The van der Waals surface area contributed by atoms with Gasteiger partial charge in [0.1, 0.15) is 5.76 Å². The van der Waals surface area contributed by atoms with Crippen LogP contribution in [0.3, 0.4) is 0 Å². The molecule has 2 amide bonds. The van der Waals surface area contributed by atoms with Gasteiger partial charge < -0.3 is 29.3 Å². The van der Waals surface area contributed by atoms with Gasteiger partial charge in [0.05, 0.1) is 34.1 Å². The lowest BCUT2D eigenvalue weighted by atomic mass is 10.1. The summed E-state index contributed by atoms with van der Waals surface area (Å²) in [6.07, 6.45) is 3.09. The second-order valence-corrected chi connectivity index (χ2v) is 6.18. The highest BCUT2D eigenvalue weighted by molar-refractivity contribution is 5.97. The van der Waals surface area contributed by atoms with Crippen LogP contribution in [0.2, 0.25) is 0 Å². The lowest BCUT2D eigenvalue weighted by molar-refractivity contribution is -0.120. The summed E-state index contributed by atoms with van der Waals surface area (Å²) in [6, 6.07) is 6.74. The molecular formula is C20H26N2O6. The summed E-state index contributed by atoms with van der Waals surface area (Å²) >= 11 is 0. The van der Waals surface area contributed by atoms with E-state index in [1.807, 2.05) is 19.1 Å². The zero-order valence-corrected chi connectivity index (χ0v) is 16.5. The average molecular weight is 390 g/mol. The van der Waals surface area contributed by atoms with Crippen molar-refractivity contribution in [1.82, 2.24) is 10.6 Å². The third-order valence-electron chi connectivity index (χ3n) is 4.15. The predicted molar refractivity (Wildman–Crippen MR) is 103 cm³/mol. The number of furan rings is 1. The van der Waals surface area contributed by atoms with Crippen LogP contribution in [0.1, 0.15) is 29.5 Å². The normalized spacial score (nSPS) is 11.4. The topological polar surface area (TPSA) is 99.0 Å². The van der Waals surface area contributed by atoms with Gasteiger partial charge in [-0.2, -0.15) is 0 Å². The number of rotatable bonds is 10. The molecule has 1 heterocycles. The molecular weight excluding hydrogens is 364 g/mol. The summed E-state index contributed by atoms with van der Waals surface area (Å²) in [5.74, 6) is 1.30. The van der Waals surface area contributed by atoms with Gasteiger partial charge in [0.2, 0.25) is 11.7 Å². The van der Waals surface area contributed by atoms with Crippen LogP contribution in [0, 0.1) is 0 Å². The van der Waals surface area contributed by atoms with Crippen molar-refractivity contribution in [3.05, 3.63) is 41.9 Å². The molecule has 2 N–H and O–H groups in total. The van der Waals surface area contributed by atoms with Crippen LogP contribution in [0.25, 0.3) is 0 Å². The van der Waals surface area contributed by atoms with Gasteiger partial charge in [-0.05, 0) is 37.6 Å². The first-order chi connectivity index (χ1) is 13.5. The molecule has 0 bridgehead atoms.